The van der Waals surface area contributed by atoms with Gasteiger partial charge in [0.15, 0.2) is 5.78 Å². The van der Waals surface area contributed by atoms with Crippen molar-refractivity contribution in [3.8, 4) is 0 Å². The molecular weight excluding hydrogens is 252 g/mol. The number of carbonyl (C=O) groups is 2. The van der Waals surface area contributed by atoms with Crippen molar-refractivity contribution in [2.75, 3.05) is 5.88 Å². The molecule has 1 aliphatic rings. The third-order valence-electron chi connectivity index (χ3n) is 3.25. The van der Waals surface area contributed by atoms with Gasteiger partial charge in [0.25, 0.3) is 0 Å². The molecule has 0 saturated heterocycles. The number of amides is 1. The van der Waals surface area contributed by atoms with Gasteiger partial charge in [0, 0.05) is 29.1 Å². The number of ketones is 1. The van der Waals surface area contributed by atoms with Gasteiger partial charge in [0.1, 0.15) is 5.88 Å². The molecule has 0 fully saturated rings. The molecule has 1 aliphatic carbocycles. The van der Waals surface area contributed by atoms with Gasteiger partial charge in [-0.25, -0.2) is 0 Å². The Morgan fingerprint density at radius 1 is 1.50 bits per heavy atom. The molecule has 1 unspecified atom stereocenters. The molecule has 92 valence electrons. The molecule has 2 N–H and O–H groups in total. The SMILES string of the molecule is O=C(CCl)NC1Cc2cccc3[nH]cc(c23)C1=O. The number of carbonyl (C=O) groups excluding carboxylic acids is 2. The highest BCUT2D eigenvalue weighted by molar-refractivity contribution is 6.27. The fourth-order valence-electron chi connectivity index (χ4n) is 2.47. The summed E-state index contributed by atoms with van der Waals surface area (Å²) in [6.07, 6.45) is 2.22. The predicted octanol–water partition coefficient (Wildman–Crippen LogP) is 1.63. The Morgan fingerprint density at radius 3 is 3.11 bits per heavy atom. The molecule has 1 aromatic carbocycles. The first-order chi connectivity index (χ1) is 8.70. The average Bonchev–Trinajstić information content (AvgIpc) is 2.81. The molecule has 2 aromatic rings. The zero-order chi connectivity index (χ0) is 12.7. The number of nitrogens with one attached hydrogen (secondary N) is 2. The van der Waals surface area contributed by atoms with Crippen LogP contribution in [0.3, 0.4) is 0 Å². The van der Waals surface area contributed by atoms with Crippen LogP contribution in [0.25, 0.3) is 10.9 Å². The van der Waals surface area contributed by atoms with E-state index >= 15 is 0 Å². The van der Waals surface area contributed by atoms with Crippen LogP contribution in [-0.4, -0.2) is 28.6 Å². The lowest BCUT2D eigenvalue weighted by molar-refractivity contribution is -0.119. The molecule has 1 atom stereocenters. The van der Waals surface area contributed by atoms with Crippen LogP contribution in [0, 0.1) is 0 Å². The minimum atomic E-state index is -0.509. The zero-order valence-corrected chi connectivity index (χ0v) is 10.3. The van der Waals surface area contributed by atoms with Gasteiger partial charge in [-0.05, 0) is 11.6 Å². The summed E-state index contributed by atoms with van der Waals surface area (Å²) in [5, 5.41) is 3.63. The number of alkyl halides is 1. The smallest absolute Gasteiger partial charge is 0.235 e. The Kier molecular flexibility index (Phi) is 2.59. The fourth-order valence-corrected chi connectivity index (χ4v) is 2.55. The van der Waals surface area contributed by atoms with Gasteiger partial charge in [-0.1, -0.05) is 12.1 Å². The number of aromatic nitrogens is 1. The topological polar surface area (TPSA) is 62.0 Å². The molecule has 0 bridgehead atoms. The Hall–Kier alpha value is -1.81. The van der Waals surface area contributed by atoms with Crippen molar-refractivity contribution in [3.05, 3.63) is 35.5 Å². The summed E-state index contributed by atoms with van der Waals surface area (Å²) in [4.78, 5) is 26.6. The number of benzene rings is 1. The summed E-state index contributed by atoms with van der Waals surface area (Å²) in [6.45, 7) is 0. The lowest BCUT2D eigenvalue weighted by Crippen LogP contribution is -2.44. The number of H-pyrrole nitrogens is 1. The average molecular weight is 263 g/mol. The van der Waals surface area contributed by atoms with E-state index in [1.54, 1.807) is 6.20 Å². The van der Waals surface area contributed by atoms with Crippen LogP contribution in [0.4, 0.5) is 0 Å². The molecule has 1 amide bonds. The number of hydrogen-bond acceptors (Lipinski definition) is 2. The second-order valence-corrected chi connectivity index (χ2v) is 4.63. The van der Waals surface area contributed by atoms with Gasteiger partial charge in [-0.2, -0.15) is 0 Å². The third kappa shape index (κ3) is 1.61. The molecule has 18 heavy (non-hydrogen) atoms. The highest BCUT2D eigenvalue weighted by Crippen LogP contribution is 2.29. The number of aromatic amines is 1. The van der Waals surface area contributed by atoms with Crippen LogP contribution in [0.5, 0.6) is 0 Å². The fraction of sp³-hybridized carbons (Fsp3) is 0.231. The van der Waals surface area contributed by atoms with Gasteiger partial charge in [-0.3, -0.25) is 9.59 Å². The number of halogens is 1. The molecular formula is C13H11ClN2O2. The van der Waals surface area contributed by atoms with Gasteiger partial charge < -0.3 is 10.3 Å². The standard InChI is InChI=1S/C13H11ClN2O2/c14-5-11(17)16-10-4-7-2-1-3-9-12(7)8(6-15-9)13(10)18/h1-3,6,10,15H,4-5H2,(H,16,17). The largest absolute Gasteiger partial charge is 0.360 e. The van der Waals surface area contributed by atoms with Crippen molar-refractivity contribution in [2.45, 2.75) is 12.5 Å². The Bertz CT molecular complexity index is 647. The quantitative estimate of drug-likeness (QED) is 0.808. The highest BCUT2D eigenvalue weighted by Gasteiger charge is 2.30. The lowest BCUT2D eigenvalue weighted by atomic mass is 9.88. The van der Waals surface area contributed by atoms with Crippen LogP contribution in [0.1, 0.15) is 15.9 Å². The highest BCUT2D eigenvalue weighted by atomic mass is 35.5. The molecule has 1 heterocycles. The van der Waals surface area contributed by atoms with Gasteiger partial charge in [0.2, 0.25) is 5.91 Å². The first-order valence-corrected chi connectivity index (χ1v) is 6.22. The first kappa shape index (κ1) is 11.3. The maximum atomic E-state index is 12.2. The summed E-state index contributed by atoms with van der Waals surface area (Å²) in [5.74, 6) is -0.506. The monoisotopic (exact) mass is 262 g/mol. The van der Waals surface area contributed by atoms with Crippen molar-refractivity contribution in [3.63, 3.8) is 0 Å². The maximum Gasteiger partial charge on any atom is 0.235 e. The van der Waals surface area contributed by atoms with Crippen molar-refractivity contribution in [1.82, 2.24) is 10.3 Å². The minimum absolute atomic E-state index is 0.0570. The molecule has 3 rings (SSSR count). The number of rotatable bonds is 2. The summed E-state index contributed by atoms with van der Waals surface area (Å²) < 4.78 is 0. The maximum absolute atomic E-state index is 12.2. The van der Waals surface area contributed by atoms with Gasteiger partial charge in [-0.15, -0.1) is 11.6 Å². The molecule has 0 aliphatic heterocycles. The van der Waals surface area contributed by atoms with Crippen LogP contribution < -0.4 is 5.32 Å². The number of hydrogen-bond donors (Lipinski definition) is 2. The second kappa shape index (κ2) is 4.14. The Morgan fingerprint density at radius 2 is 2.33 bits per heavy atom. The molecule has 1 aromatic heterocycles. The molecule has 0 radical (unpaired) electrons. The van der Waals surface area contributed by atoms with Crippen molar-refractivity contribution in [1.29, 1.82) is 0 Å². The van der Waals surface area contributed by atoms with Crippen LogP contribution in [0.2, 0.25) is 0 Å². The molecule has 0 spiro atoms. The summed E-state index contributed by atoms with van der Waals surface area (Å²) in [5.41, 5.74) is 2.67. The summed E-state index contributed by atoms with van der Waals surface area (Å²) >= 11 is 5.45. The zero-order valence-electron chi connectivity index (χ0n) is 9.50. The van der Waals surface area contributed by atoms with E-state index in [-0.39, 0.29) is 17.6 Å². The van der Waals surface area contributed by atoms with E-state index in [9.17, 15) is 9.59 Å². The first-order valence-electron chi connectivity index (χ1n) is 5.69. The van der Waals surface area contributed by atoms with Crippen molar-refractivity contribution < 1.29 is 9.59 Å². The molecule has 0 saturated carbocycles. The van der Waals surface area contributed by atoms with E-state index in [1.807, 2.05) is 18.2 Å². The minimum Gasteiger partial charge on any atom is -0.360 e. The van der Waals surface area contributed by atoms with Crippen LogP contribution in [-0.2, 0) is 11.2 Å². The molecule has 4 nitrogen and oxygen atoms in total. The van der Waals surface area contributed by atoms with Gasteiger partial charge >= 0.3 is 0 Å². The normalized spacial score (nSPS) is 18.1. The van der Waals surface area contributed by atoms with Crippen LogP contribution >= 0.6 is 11.6 Å². The van der Waals surface area contributed by atoms with Crippen molar-refractivity contribution >= 4 is 34.2 Å². The summed E-state index contributed by atoms with van der Waals surface area (Å²) in [7, 11) is 0. The predicted molar refractivity (Wildman–Crippen MR) is 69.0 cm³/mol. The van der Waals surface area contributed by atoms with E-state index < -0.39 is 6.04 Å². The third-order valence-corrected chi connectivity index (χ3v) is 3.50. The van der Waals surface area contributed by atoms with E-state index in [0.29, 0.717) is 12.0 Å². The van der Waals surface area contributed by atoms with Crippen LogP contribution in [0.15, 0.2) is 24.4 Å². The Balaban J connectivity index is 2.04. The van der Waals surface area contributed by atoms with Crippen molar-refractivity contribution in [2.24, 2.45) is 0 Å². The second-order valence-electron chi connectivity index (χ2n) is 4.36. The molecule has 5 heteroatoms. The van der Waals surface area contributed by atoms with E-state index in [1.165, 1.54) is 0 Å². The van der Waals surface area contributed by atoms with Gasteiger partial charge in [0.05, 0.1) is 6.04 Å². The Labute approximate surface area is 108 Å². The van der Waals surface area contributed by atoms with E-state index in [2.05, 4.69) is 10.3 Å². The van der Waals surface area contributed by atoms with E-state index in [0.717, 1.165) is 16.5 Å². The number of Topliss-reactive ketones (excluding diaryl/α,β-unsaturated/α-hetero) is 1. The lowest BCUT2D eigenvalue weighted by Gasteiger charge is -2.22. The summed E-state index contributed by atoms with van der Waals surface area (Å²) in [6, 6.07) is 5.35. The van der Waals surface area contributed by atoms with E-state index in [4.69, 9.17) is 11.6 Å².